The lowest BCUT2D eigenvalue weighted by Gasteiger charge is -2.32. The molecule has 0 saturated heterocycles. The average molecular weight is 920 g/mol. The number of rotatable bonds is 15. The first kappa shape index (κ1) is 46.2. The molecular formula is C46H46ClF4N7O7. The molecule has 0 spiro atoms. The van der Waals surface area contributed by atoms with E-state index in [4.69, 9.17) is 35.3 Å². The fourth-order valence-corrected chi connectivity index (χ4v) is 7.72. The Labute approximate surface area is 376 Å². The standard InChI is InChI=1S/C46H46ClF4N7O7/c1-25-19-32(57(20-27-10-14-29(61-5)15-11-27)21-28-12-16-30(62-6)17-13-28)55-39(36(25)46(49,50)51)34-37(47)40-35-41(38(34)48)65-33(64-23-45(3,4)63-7)22-58(43(35)54-24-53-40)26(2)31-9-8-18-52-42(31)56-44(59)60/h8-19,22,26,54H,20-21,23-24H2,1-7H3,(H,52,56)(H,59,60). The molecule has 3 aromatic carbocycles. The summed E-state index contributed by atoms with van der Waals surface area (Å²) in [5.41, 5.74) is -1.86. The minimum atomic E-state index is -5.03. The van der Waals surface area contributed by atoms with Crippen molar-refractivity contribution < 1.29 is 51.1 Å². The molecule has 4 heterocycles. The predicted molar refractivity (Wildman–Crippen MR) is 234 cm³/mol. The van der Waals surface area contributed by atoms with Crippen LogP contribution in [-0.2, 0) is 28.7 Å². The second-order valence-electron chi connectivity index (χ2n) is 15.7. The summed E-state index contributed by atoms with van der Waals surface area (Å²) in [7, 11) is 4.56. The number of pyridine rings is 2. The SMILES string of the molecule is COc1ccc(CN(Cc2ccc(OC)cc2)c2cc(C)c(C(F)(F)F)c(-c3c(F)c4c5c(c3Cl)=NCNC=5N(C(C)c3cccnc3NC(=O)O)C=C(OCC(C)(C)OC)O4)n2)cc1. The topological polar surface area (TPSA) is 152 Å². The van der Waals surface area contributed by atoms with Crippen LogP contribution in [0.3, 0.4) is 0 Å². The van der Waals surface area contributed by atoms with Crippen molar-refractivity contribution in [3.8, 4) is 28.5 Å². The third-order valence-corrected chi connectivity index (χ3v) is 11.3. The van der Waals surface area contributed by atoms with Gasteiger partial charge in [0.2, 0.25) is 0 Å². The zero-order valence-electron chi connectivity index (χ0n) is 36.4. The Kier molecular flexibility index (Phi) is 13.3. The van der Waals surface area contributed by atoms with Gasteiger partial charge in [0.25, 0.3) is 0 Å². The van der Waals surface area contributed by atoms with Crippen molar-refractivity contribution in [1.82, 2.24) is 20.2 Å². The van der Waals surface area contributed by atoms with Crippen LogP contribution in [0.15, 0.2) is 90.1 Å². The molecule has 5 aromatic rings. The van der Waals surface area contributed by atoms with Crippen LogP contribution in [0.25, 0.3) is 17.1 Å². The average Bonchev–Trinajstić information content (AvgIpc) is 3.45. The normalized spacial score (nSPS) is 13.9. The van der Waals surface area contributed by atoms with Crippen LogP contribution in [0.4, 0.5) is 34.0 Å². The van der Waals surface area contributed by atoms with E-state index in [1.807, 2.05) is 24.3 Å². The van der Waals surface area contributed by atoms with Gasteiger partial charge in [-0.25, -0.2) is 19.2 Å². The molecule has 2 aromatic heterocycles. The third-order valence-electron chi connectivity index (χ3n) is 10.9. The number of nitrogens with zero attached hydrogens (tertiary/aromatic N) is 5. The highest BCUT2D eigenvalue weighted by molar-refractivity contribution is 6.33. The van der Waals surface area contributed by atoms with Crippen LogP contribution >= 0.6 is 11.6 Å². The molecule has 0 saturated carbocycles. The number of carboxylic acid groups (broad SMARTS) is 1. The molecule has 1 unspecified atom stereocenters. The van der Waals surface area contributed by atoms with Gasteiger partial charge < -0.3 is 43.9 Å². The van der Waals surface area contributed by atoms with Crippen molar-refractivity contribution in [2.45, 2.75) is 58.6 Å². The van der Waals surface area contributed by atoms with Crippen LogP contribution < -0.4 is 40.3 Å². The minimum absolute atomic E-state index is 0.0178. The highest BCUT2D eigenvalue weighted by Gasteiger charge is 2.41. The van der Waals surface area contributed by atoms with E-state index in [9.17, 15) is 9.90 Å². The summed E-state index contributed by atoms with van der Waals surface area (Å²) in [6, 6.07) is 18.2. The summed E-state index contributed by atoms with van der Waals surface area (Å²) < 4.78 is 92.7. The number of hydrogen-bond donors (Lipinski definition) is 3. The quantitative estimate of drug-likeness (QED) is 0.0864. The summed E-state index contributed by atoms with van der Waals surface area (Å²) in [5.74, 6) is -0.594. The largest absolute Gasteiger partial charge is 0.497 e. The summed E-state index contributed by atoms with van der Waals surface area (Å²) in [6.07, 6.45) is -3.56. The van der Waals surface area contributed by atoms with Gasteiger partial charge in [-0.05, 0) is 80.8 Å². The first-order chi connectivity index (χ1) is 30.9. The first-order valence-corrected chi connectivity index (χ1v) is 20.5. The van der Waals surface area contributed by atoms with Gasteiger partial charge in [-0.15, -0.1) is 0 Å². The van der Waals surface area contributed by atoms with Crippen LogP contribution in [0.5, 0.6) is 17.2 Å². The van der Waals surface area contributed by atoms with Crippen molar-refractivity contribution in [1.29, 1.82) is 0 Å². The number of methoxy groups -OCH3 is 3. The Morgan fingerprint density at radius 2 is 1.66 bits per heavy atom. The number of ether oxygens (including phenoxy) is 5. The number of anilines is 2. The maximum Gasteiger partial charge on any atom is 0.418 e. The fraction of sp³-hybridized carbons (Fsp3) is 0.304. The lowest BCUT2D eigenvalue weighted by molar-refractivity contribution is -0.137. The summed E-state index contributed by atoms with van der Waals surface area (Å²) >= 11 is 7.12. The van der Waals surface area contributed by atoms with Gasteiger partial charge in [0.05, 0.1) is 64.5 Å². The van der Waals surface area contributed by atoms with Gasteiger partial charge in [0, 0.05) is 32.0 Å². The molecule has 0 bridgehead atoms. The molecule has 19 heteroatoms. The smallest absolute Gasteiger partial charge is 0.418 e. The van der Waals surface area contributed by atoms with E-state index >= 15 is 17.6 Å². The Morgan fingerprint density at radius 3 is 2.23 bits per heavy atom. The molecule has 7 rings (SSSR count). The van der Waals surface area contributed by atoms with Crippen LogP contribution in [-0.4, -0.2) is 66.3 Å². The molecule has 2 aliphatic heterocycles. The fourth-order valence-electron chi connectivity index (χ4n) is 7.40. The highest BCUT2D eigenvalue weighted by atomic mass is 35.5. The number of nitrogens with one attached hydrogen (secondary N) is 2. The van der Waals surface area contributed by atoms with E-state index in [0.717, 1.165) is 11.1 Å². The van der Waals surface area contributed by atoms with Gasteiger partial charge in [0.1, 0.15) is 42.2 Å². The summed E-state index contributed by atoms with van der Waals surface area (Å²) in [5, 5.41) is 14.5. The first-order valence-electron chi connectivity index (χ1n) is 20.2. The van der Waals surface area contributed by atoms with E-state index in [1.165, 1.54) is 32.5 Å². The van der Waals surface area contributed by atoms with Gasteiger partial charge >= 0.3 is 18.2 Å². The lowest BCUT2D eigenvalue weighted by Crippen LogP contribution is -2.45. The number of aromatic nitrogens is 2. The minimum Gasteiger partial charge on any atom is -0.497 e. The monoisotopic (exact) mass is 919 g/mol. The Bertz CT molecular complexity index is 2710. The molecule has 1 atom stereocenters. The molecule has 14 nitrogen and oxygen atoms in total. The molecular weight excluding hydrogens is 874 g/mol. The summed E-state index contributed by atoms with van der Waals surface area (Å²) in [6.45, 7) is 6.58. The maximum absolute atomic E-state index is 17.9. The van der Waals surface area contributed by atoms with Gasteiger partial charge in [0.15, 0.2) is 11.6 Å². The molecule has 3 N–H and O–H groups in total. The predicted octanol–water partition coefficient (Wildman–Crippen LogP) is 8.52. The number of halogens is 5. The van der Waals surface area contributed by atoms with E-state index in [-0.39, 0.29) is 65.9 Å². The van der Waals surface area contributed by atoms with Crippen LogP contribution in [0, 0.1) is 12.7 Å². The van der Waals surface area contributed by atoms with Crippen molar-refractivity contribution in [2.24, 2.45) is 4.99 Å². The van der Waals surface area contributed by atoms with Crippen molar-refractivity contribution >= 4 is 35.2 Å². The molecule has 2 aliphatic rings. The second kappa shape index (κ2) is 18.7. The molecule has 342 valence electrons. The Hall–Kier alpha value is -6.79. The highest BCUT2D eigenvalue weighted by Crippen LogP contribution is 2.44. The second-order valence-corrected chi connectivity index (χ2v) is 16.1. The van der Waals surface area contributed by atoms with Crippen molar-refractivity contribution in [3.63, 3.8) is 0 Å². The van der Waals surface area contributed by atoms with Crippen molar-refractivity contribution in [2.75, 3.05) is 44.8 Å². The Balaban J connectivity index is 1.46. The van der Waals surface area contributed by atoms with E-state index < -0.39 is 57.3 Å². The Morgan fingerprint density at radius 1 is 1.03 bits per heavy atom. The number of alkyl halides is 3. The zero-order chi connectivity index (χ0) is 46.8. The molecule has 0 aliphatic carbocycles. The van der Waals surface area contributed by atoms with Crippen LogP contribution in [0.1, 0.15) is 54.6 Å². The van der Waals surface area contributed by atoms with Crippen LogP contribution in [0.2, 0.25) is 5.02 Å². The van der Waals surface area contributed by atoms with Crippen molar-refractivity contribution in [3.05, 3.63) is 134 Å². The number of benzene rings is 3. The molecule has 0 radical (unpaired) electrons. The molecule has 0 fully saturated rings. The molecule has 65 heavy (non-hydrogen) atoms. The van der Waals surface area contributed by atoms with Gasteiger partial charge in [-0.2, -0.15) is 13.2 Å². The number of carbonyl (C=O) groups is 1. The number of amides is 1. The third kappa shape index (κ3) is 9.83. The van der Waals surface area contributed by atoms with E-state index in [0.29, 0.717) is 17.1 Å². The van der Waals surface area contributed by atoms with E-state index in [1.54, 1.807) is 81.2 Å². The lowest BCUT2D eigenvalue weighted by atomic mass is 9.98. The zero-order valence-corrected chi connectivity index (χ0v) is 37.2. The maximum atomic E-state index is 17.9. The number of aryl methyl sites for hydroxylation is 1. The van der Waals surface area contributed by atoms with Gasteiger partial charge in [-0.3, -0.25) is 10.3 Å². The van der Waals surface area contributed by atoms with Gasteiger partial charge in [-0.1, -0.05) is 41.9 Å². The summed E-state index contributed by atoms with van der Waals surface area (Å²) in [4.78, 5) is 28.5. The number of hydrogen-bond acceptors (Lipinski definition) is 12. The molecule has 1 amide bonds. The van der Waals surface area contributed by atoms with E-state index in [2.05, 4.69) is 25.6 Å².